The standard InChI is InChI=1S/C13H17N5O3/c1-9-10(7-17(2)16-9)5-14-13(21)11-6-15-18(8-11)4-3-12(19)20/h6-8H,3-5H2,1-2H3,(H,14,21)(H,19,20). The number of hydrogen-bond donors (Lipinski definition) is 2. The Morgan fingerprint density at radius 2 is 2.14 bits per heavy atom. The number of carboxylic acid groups (broad SMARTS) is 1. The van der Waals surface area contributed by atoms with E-state index in [0.29, 0.717) is 12.1 Å². The van der Waals surface area contributed by atoms with E-state index in [4.69, 9.17) is 5.11 Å². The number of carbonyl (C=O) groups is 2. The first-order valence-electron chi connectivity index (χ1n) is 6.47. The zero-order valence-corrected chi connectivity index (χ0v) is 11.9. The molecule has 0 saturated carbocycles. The lowest BCUT2D eigenvalue weighted by Gasteiger charge is -2.02. The number of nitrogens with zero attached hydrogens (tertiary/aromatic N) is 4. The Hall–Kier alpha value is -2.64. The summed E-state index contributed by atoms with van der Waals surface area (Å²) < 4.78 is 3.14. The molecule has 2 aromatic rings. The Morgan fingerprint density at radius 3 is 2.76 bits per heavy atom. The molecule has 0 radical (unpaired) electrons. The average Bonchev–Trinajstić information content (AvgIpc) is 3.00. The van der Waals surface area contributed by atoms with Crippen molar-refractivity contribution in [2.45, 2.75) is 26.4 Å². The third kappa shape index (κ3) is 3.91. The van der Waals surface area contributed by atoms with E-state index in [1.807, 2.05) is 20.2 Å². The molecule has 0 spiro atoms. The van der Waals surface area contributed by atoms with Gasteiger partial charge in [-0.25, -0.2) is 0 Å². The Labute approximate surface area is 121 Å². The van der Waals surface area contributed by atoms with Crippen LogP contribution in [0.2, 0.25) is 0 Å². The Balaban J connectivity index is 1.91. The molecule has 21 heavy (non-hydrogen) atoms. The molecule has 1 amide bonds. The molecule has 2 heterocycles. The van der Waals surface area contributed by atoms with Crippen LogP contribution in [-0.2, 0) is 24.9 Å². The van der Waals surface area contributed by atoms with Crippen LogP contribution in [0.5, 0.6) is 0 Å². The van der Waals surface area contributed by atoms with E-state index in [1.165, 1.54) is 17.1 Å². The number of rotatable bonds is 6. The number of hydrogen-bond acceptors (Lipinski definition) is 4. The van der Waals surface area contributed by atoms with Gasteiger partial charge in [-0.15, -0.1) is 0 Å². The Morgan fingerprint density at radius 1 is 1.38 bits per heavy atom. The largest absolute Gasteiger partial charge is 0.481 e. The minimum atomic E-state index is -0.899. The van der Waals surface area contributed by atoms with Crippen molar-refractivity contribution in [1.82, 2.24) is 24.9 Å². The zero-order valence-electron chi connectivity index (χ0n) is 11.9. The maximum Gasteiger partial charge on any atom is 0.305 e. The van der Waals surface area contributed by atoms with Crippen LogP contribution in [0.1, 0.15) is 28.0 Å². The highest BCUT2D eigenvalue weighted by atomic mass is 16.4. The third-order valence-corrected chi connectivity index (χ3v) is 3.00. The number of carbonyl (C=O) groups excluding carboxylic acids is 1. The van der Waals surface area contributed by atoms with E-state index in [-0.39, 0.29) is 18.9 Å². The molecule has 2 N–H and O–H groups in total. The summed E-state index contributed by atoms with van der Waals surface area (Å²) in [5.41, 5.74) is 2.22. The normalized spacial score (nSPS) is 10.6. The summed E-state index contributed by atoms with van der Waals surface area (Å²) in [5.74, 6) is -1.15. The summed E-state index contributed by atoms with van der Waals surface area (Å²) in [6.45, 7) is 2.51. The molecule has 112 valence electrons. The van der Waals surface area contributed by atoms with E-state index in [9.17, 15) is 9.59 Å². The number of aryl methyl sites for hydroxylation is 3. The fourth-order valence-electron chi connectivity index (χ4n) is 1.91. The smallest absolute Gasteiger partial charge is 0.305 e. The molecule has 0 bridgehead atoms. The van der Waals surface area contributed by atoms with Gasteiger partial charge in [0.05, 0.1) is 30.4 Å². The van der Waals surface area contributed by atoms with Crippen molar-refractivity contribution < 1.29 is 14.7 Å². The first kappa shape index (κ1) is 14.8. The number of aliphatic carboxylic acids is 1. The van der Waals surface area contributed by atoms with Gasteiger partial charge < -0.3 is 10.4 Å². The van der Waals surface area contributed by atoms with Crippen LogP contribution in [0.3, 0.4) is 0 Å². The maximum absolute atomic E-state index is 12.0. The summed E-state index contributed by atoms with van der Waals surface area (Å²) in [7, 11) is 1.82. The second-order valence-corrected chi connectivity index (χ2v) is 4.73. The molecule has 2 rings (SSSR count). The molecule has 0 aliphatic rings. The van der Waals surface area contributed by atoms with Gasteiger partial charge in [0.1, 0.15) is 0 Å². The summed E-state index contributed by atoms with van der Waals surface area (Å²) >= 11 is 0. The number of carboxylic acids is 1. The molecular weight excluding hydrogens is 274 g/mol. The van der Waals surface area contributed by atoms with Crippen LogP contribution in [0.4, 0.5) is 0 Å². The lowest BCUT2D eigenvalue weighted by molar-refractivity contribution is -0.137. The number of aromatic nitrogens is 4. The lowest BCUT2D eigenvalue weighted by Crippen LogP contribution is -2.22. The highest BCUT2D eigenvalue weighted by molar-refractivity contribution is 5.93. The first-order chi connectivity index (χ1) is 9.95. The number of nitrogens with one attached hydrogen (secondary N) is 1. The SMILES string of the molecule is Cc1nn(C)cc1CNC(=O)c1cnn(CCC(=O)O)c1. The van der Waals surface area contributed by atoms with E-state index < -0.39 is 5.97 Å². The van der Waals surface area contributed by atoms with Crippen molar-refractivity contribution in [2.24, 2.45) is 7.05 Å². The van der Waals surface area contributed by atoms with Gasteiger partial charge in [0.25, 0.3) is 5.91 Å². The van der Waals surface area contributed by atoms with Gasteiger partial charge in [-0.1, -0.05) is 0 Å². The highest BCUT2D eigenvalue weighted by Crippen LogP contribution is 2.05. The summed E-state index contributed by atoms with van der Waals surface area (Å²) in [6, 6.07) is 0. The second kappa shape index (κ2) is 6.21. The van der Waals surface area contributed by atoms with E-state index in [1.54, 1.807) is 4.68 Å². The van der Waals surface area contributed by atoms with Crippen LogP contribution in [0.15, 0.2) is 18.6 Å². The second-order valence-electron chi connectivity index (χ2n) is 4.73. The maximum atomic E-state index is 12.0. The van der Waals surface area contributed by atoms with Crippen LogP contribution < -0.4 is 5.32 Å². The fourth-order valence-corrected chi connectivity index (χ4v) is 1.91. The molecule has 0 saturated heterocycles. The minimum Gasteiger partial charge on any atom is -0.481 e. The number of amides is 1. The van der Waals surface area contributed by atoms with Crippen LogP contribution in [0.25, 0.3) is 0 Å². The molecule has 2 aromatic heterocycles. The predicted octanol–water partition coefficient (Wildman–Crippen LogP) is 0.330. The molecule has 0 aromatic carbocycles. The summed E-state index contributed by atoms with van der Waals surface area (Å²) in [4.78, 5) is 22.5. The van der Waals surface area contributed by atoms with Crippen molar-refractivity contribution in [3.05, 3.63) is 35.4 Å². The molecule has 0 aliphatic heterocycles. The quantitative estimate of drug-likeness (QED) is 0.798. The minimum absolute atomic E-state index is 0.0301. The lowest BCUT2D eigenvalue weighted by atomic mass is 10.2. The molecule has 0 unspecified atom stereocenters. The molecule has 0 fully saturated rings. The van der Waals surface area contributed by atoms with Crippen LogP contribution in [0, 0.1) is 6.92 Å². The predicted molar refractivity (Wildman–Crippen MR) is 73.6 cm³/mol. The van der Waals surface area contributed by atoms with Gasteiger partial charge >= 0.3 is 5.97 Å². The molecule has 0 atom stereocenters. The molecule has 8 heteroatoms. The van der Waals surface area contributed by atoms with Crippen molar-refractivity contribution >= 4 is 11.9 Å². The topological polar surface area (TPSA) is 102 Å². The van der Waals surface area contributed by atoms with Gasteiger partial charge in [-0.3, -0.25) is 19.0 Å². The van der Waals surface area contributed by atoms with Gasteiger partial charge in [0.15, 0.2) is 0 Å². The first-order valence-corrected chi connectivity index (χ1v) is 6.47. The molecular formula is C13H17N5O3. The van der Waals surface area contributed by atoms with Crippen LogP contribution >= 0.6 is 0 Å². The van der Waals surface area contributed by atoms with E-state index in [2.05, 4.69) is 15.5 Å². The van der Waals surface area contributed by atoms with Crippen molar-refractivity contribution in [1.29, 1.82) is 0 Å². The van der Waals surface area contributed by atoms with Crippen molar-refractivity contribution in [3.8, 4) is 0 Å². The Kier molecular flexibility index (Phi) is 4.36. The zero-order chi connectivity index (χ0) is 15.4. The summed E-state index contributed by atoms with van der Waals surface area (Å²) in [6.07, 6.45) is 4.78. The van der Waals surface area contributed by atoms with Gasteiger partial charge in [-0.2, -0.15) is 10.2 Å². The molecule has 0 aliphatic carbocycles. The third-order valence-electron chi connectivity index (χ3n) is 3.00. The highest BCUT2D eigenvalue weighted by Gasteiger charge is 2.10. The molecule has 8 nitrogen and oxygen atoms in total. The van der Waals surface area contributed by atoms with Gasteiger partial charge in [0.2, 0.25) is 0 Å². The van der Waals surface area contributed by atoms with Crippen LogP contribution in [-0.4, -0.2) is 36.5 Å². The van der Waals surface area contributed by atoms with E-state index >= 15 is 0 Å². The van der Waals surface area contributed by atoms with E-state index in [0.717, 1.165) is 11.3 Å². The Bertz CT molecular complexity index is 659. The van der Waals surface area contributed by atoms with Gasteiger partial charge in [-0.05, 0) is 6.92 Å². The van der Waals surface area contributed by atoms with Crippen molar-refractivity contribution in [2.75, 3.05) is 0 Å². The van der Waals surface area contributed by atoms with Gasteiger partial charge in [0, 0.05) is 31.5 Å². The summed E-state index contributed by atoms with van der Waals surface area (Å²) in [5, 5.41) is 19.5. The fraction of sp³-hybridized carbons (Fsp3) is 0.385. The van der Waals surface area contributed by atoms with Crippen molar-refractivity contribution in [3.63, 3.8) is 0 Å². The average molecular weight is 291 g/mol. The monoisotopic (exact) mass is 291 g/mol.